The van der Waals surface area contributed by atoms with Gasteiger partial charge in [0, 0.05) is 6.20 Å². The number of fused-ring (bicyclic) bond motifs is 1. The summed E-state index contributed by atoms with van der Waals surface area (Å²) in [6.07, 6.45) is 3.20. The Morgan fingerprint density at radius 3 is 2.95 bits per heavy atom. The van der Waals surface area contributed by atoms with Gasteiger partial charge in [-0.2, -0.15) is 4.98 Å². The van der Waals surface area contributed by atoms with Crippen LogP contribution < -0.4 is 4.74 Å². The highest BCUT2D eigenvalue weighted by Crippen LogP contribution is 2.25. The second-order valence-corrected chi connectivity index (χ2v) is 3.76. The first-order valence-corrected chi connectivity index (χ1v) is 5.44. The molecule has 0 spiro atoms. The van der Waals surface area contributed by atoms with Gasteiger partial charge < -0.3 is 14.3 Å². The van der Waals surface area contributed by atoms with Crippen molar-refractivity contribution in [3.8, 4) is 11.8 Å². The predicted octanol–water partition coefficient (Wildman–Crippen LogP) is 2.71. The summed E-state index contributed by atoms with van der Waals surface area (Å²) in [5.74, 6) is -0.527. The first-order valence-electron chi connectivity index (χ1n) is 5.44. The summed E-state index contributed by atoms with van der Waals surface area (Å²) >= 11 is 0. The van der Waals surface area contributed by atoms with Gasteiger partial charge in [0.25, 0.3) is 0 Å². The minimum atomic E-state index is -1.02. The van der Waals surface area contributed by atoms with Crippen LogP contribution in [0.3, 0.4) is 0 Å². The molecular weight excluding hydrogens is 248 g/mol. The first-order chi connectivity index (χ1) is 9.22. The Bertz CT molecular complexity index is 737. The van der Waals surface area contributed by atoms with Crippen molar-refractivity contribution in [1.82, 2.24) is 9.97 Å². The Labute approximate surface area is 107 Å². The molecule has 6 heteroatoms. The van der Waals surface area contributed by atoms with Crippen LogP contribution in [-0.4, -0.2) is 21.0 Å². The number of oxazole rings is 1. The molecule has 0 radical (unpaired) electrons. The highest BCUT2D eigenvalue weighted by atomic mass is 16.6. The Hall–Kier alpha value is -2.89. The number of nitrogens with zero attached hydrogens (tertiary/aromatic N) is 2. The summed E-state index contributed by atoms with van der Waals surface area (Å²) in [7, 11) is 0. The van der Waals surface area contributed by atoms with Gasteiger partial charge in [-0.3, -0.25) is 4.98 Å². The number of carboxylic acid groups (broad SMARTS) is 1. The zero-order chi connectivity index (χ0) is 13.2. The van der Waals surface area contributed by atoms with Gasteiger partial charge in [0.05, 0.1) is 11.8 Å². The number of ether oxygens (including phenoxy) is 1. The summed E-state index contributed by atoms with van der Waals surface area (Å²) in [6, 6.07) is 7.87. The second-order valence-electron chi connectivity index (χ2n) is 3.76. The van der Waals surface area contributed by atoms with Gasteiger partial charge in [-0.1, -0.05) is 0 Å². The van der Waals surface area contributed by atoms with Crippen molar-refractivity contribution in [3.63, 3.8) is 0 Å². The van der Waals surface area contributed by atoms with Crippen LogP contribution in [0.1, 0.15) is 10.4 Å². The van der Waals surface area contributed by atoms with Crippen LogP contribution in [0.2, 0.25) is 0 Å². The number of rotatable bonds is 3. The summed E-state index contributed by atoms with van der Waals surface area (Å²) < 4.78 is 10.7. The van der Waals surface area contributed by atoms with E-state index in [1.807, 2.05) is 0 Å². The number of hydrogen-bond donors (Lipinski definition) is 1. The van der Waals surface area contributed by atoms with Gasteiger partial charge in [0.1, 0.15) is 5.52 Å². The van der Waals surface area contributed by atoms with Crippen molar-refractivity contribution >= 4 is 17.1 Å². The topological polar surface area (TPSA) is 85.5 Å². The first kappa shape index (κ1) is 11.2. The number of benzene rings is 1. The lowest BCUT2D eigenvalue weighted by Crippen LogP contribution is -1.94. The number of carboxylic acids is 1. The maximum atomic E-state index is 10.8. The van der Waals surface area contributed by atoms with Crippen LogP contribution in [-0.2, 0) is 0 Å². The molecule has 0 aliphatic carbocycles. The molecule has 19 heavy (non-hydrogen) atoms. The fourth-order valence-corrected chi connectivity index (χ4v) is 1.59. The van der Waals surface area contributed by atoms with Crippen LogP contribution in [0.15, 0.2) is 47.1 Å². The van der Waals surface area contributed by atoms with E-state index in [9.17, 15) is 4.79 Å². The highest BCUT2D eigenvalue weighted by Gasteiger charge is 2.11. The summed E-state index contributed by atoms with van der Waals surface area (Å²) in [4.78, 5) is 18.8. The zero-order valence-electron chi connectivity index (χ0n) is 9.61. The fraction of sp³-hybridized carbons (Fsp3) is 0. The number of pyridine rings is 1. The minimum Gasteiger partial charge on any atom is -0.478 e. The van der Waals surface area contributed by atoms with Gasteiger partial charge in [0.15, 0.2) is 11.3 Å². The van der Waals surface area contributed by atoms with Crippen molar-refractivity contribution in [3.05, 3.63) is 48.3 Å². The average molecular weight is 256 g/mol. The van der Waals surface area contributed by atoms with Gasteiger partial charge in [-0.15, -0.1) is 0 Å². The Morgan fingerprint density at radius 1 is 1.32 bits per heavy atom. The van der Waals surface area contributed by atoms with Crippen LogP contribution >= 0.6 is 0 Å². The Morgan fingerprint density at radius 2 is 2.21 bits per heavy atom. The van der Waals surface area contributed by atoms with Gasteiger partial charge in [-0.05, 0) is 30.3 Å². The molecule has 0 bridgehead atoms. The van der Waals surface area contributed by atoms with Crippen molar-refractivity contribution in [2.45, 2.75) is 0 Å². The van der Waals surface area contributed by atoms with E-state index in [-0.39, 0.29) is 11.6 Å². The molecule has 1 N–H and O–H groups in total. The van der Waals surface area contributed by atoms with E-state index < -0.39 is 5.97 Å². The SMILES string of the molecule is O=C(O)c1ccc2nc(Oc3cccnc3)oc2c1. The van der Waals surface area contributed by atoms with Gasteiger partial charge in [0.2, 0.25) is 0 Å². The number of aromatic carboxylic acids is 1. The lowest BCUT2D eigenvalue weighted by Gasteiger charge is -1.97. The summed E-state index contributed by atoms with van der Waals surface area (Å²) in [6.45, 7) is 0. The van der Waals surface area contributed by atoms with Gasteiger partial charge in [-0.25, -0.2) is 4.79 Å². The molecule has 2 heterocycles. The Balaban J connectivity index is 1.95. The molecule has 0 saturated carbocycles. The normalized spacial score (nSPS) is 10.5. The third kappa shape index (κ3) is 2.23. The maximum Gasteiger partial charge on any atom is 0.400 e. The van der Waals surface area contributed by atoms with Crippen LogP contribution in [0.4, 0.5) is 0 Å². The summed E-state index contributed by atoms with van der Waals surface area (Å²) in [5.41, 5.74) is 1.03. The predicted molar refractivity (Wildman–Crippen MR) is 65.3 cm³/mol. The molecule has 2 aromatic heterocycles. The van der Waals surface area contributed by atoms with E-state index in [0.29, 0.717) is 16.8 Å². The fourth-order valence-electron chi connectivity index (χ4n) is 1.59. The maximum absolute atomic E-state index is 10.8. The van der Waals surface area contributed by atoms with E-state index >= 15 is 0 Å². The molecule has 3 aromatic rings. The van der Waals surface area contributed by atoms with Crippen LogP contribution in [0, 0.1) is 0 Å². The van der Waals surface area contributed by atoms with E-state index in [1.54, 1.807) is 24.4 Å². The third-order valence-electron chi connectivity index (χ3n) is 2.46. The van der Waals surface area contributed by atoms with Crippen LogP contribution in [0.5, 0.6) is 11.8 Å². The zero-order valence-corrected chi connectivity index (χ0v) is 9.61. The molecule has 94 valence electrons. The van der Waals surface area contributed by atoms with Crippen LogP contribution in [0.25, 0.3) is 11.1 Å². The van der Waals surface area contributed by atoms with Crippen molar-refractivity contribution < 1.29 is 19.1 Å². The standard InChI is InChI=1S/C13H8N2O4/c16-12(17)8-3-4-10-11(6-8)19-13(15-10)18-9-2-1-5-14-7-9/h1-7H,(H,16,17). The van der Waals surface area contributed by atoms with E-state index in [0.717, 1.165) is 0 Å². The second kappa shape index (κ2) is 4.41. The highest BCUT2D eigenvalue weighted by molar-refractivity contribution is 5.91. The molecule has 0 aliphatic rings. The molecular formula is C13H8N2O4. The average Bonchev–Trinajstić information content (AvgIpc) is 2.80. The van der Waals surface area contributed by atoms with Crippen molar-refractivity contribution in [2.24, 2.45) is 0 Å². The largest absolute Gasteiger partial charge is 0.478 e. The van der Waals surface area contributed by atoms with E-state index in [2.05, 4.69) is 9.97 Å². The van der Waals surface area contributed by atoms with E-state index in [1.165, 1.54) is 18.3 Å². The molecule has 0 atom stereocenters. The van der Waals surface area contributed by atoms with Crippen molar-refractivity contribution in [1.29, 1.82) is 0 Å². The lowest BCUT2D eigenvalue weighted by molar-refractivity contribution is 0.0697. The van der Waals surface area contributed by atoms with Gasteiger partial charge >= 0.3 is 12.0 Å². The third-order valence-corrected chi connectivity index (χ3v) is 2.46. The molecule has 3 rings (SSSR count). The molecule has 0 amide bonds. The molecule has 0 unspecified atom stereocenters. The van der Waals surface area contributed by atoms with Crippen molar-refractivity contribution in [2.75, 3.05) is 0 Å². The molecule has 6 nitrogen and oxygen atoms in total. The summed E-state index contributed by atoms with van der Waals surface area (Å²) in [5, 5.41) is 8.88. The minimum absolute atomic E-state index is 0.0468. The quantitative estimate of drug-likeness (QED) is 0.775. The number of aromatic nitrogens is 2. The smallest absolute Gasteiger partial charge is 0.400 e. The Kier molecular flexibility index (Phi) is 2.60. The molecule has 0 fully saturated rings. The number of hydrogen-bond acceptors (Lipinski definition) is 5. The molecule has 0 saturated heterocycles. The number of carbonyl (C=O) groups is 1. The molecule has 0 aliphatic heterocycles. The van der Waals surface area contributed by atoms with E-state index in [4.69, 9.17) is 14.3 Å². The monoisotopic (exact) mass is 256 g/mol. The molecule has 1 aromatic carbocycles. The lowest BCUT2D eigenvalue weighted by atomic mass is 10.2.